The smallest absolute Gasteiger partial charge is 0.407 e. The third-order valence-electron chi connectivity index (χ3n) is 5.80. The molecule has 0 saturated carbocycles. The van der Waals surface area contributed by atoms with Crippen molar-refractivity contribution in [2.45, 2.75) is 44.6 Å². The third-order valence-corrected chi connectivity index (χ3v) is 5.80. The zero-order chi connectivity index (χ0) is 25.9. The number of fused-ring (bicyclic) bond motifs is 3. The number of alkyl carbamates (subject to hydrolysis) is 1. The van der Waals surface area contributed by atoms with E-state index < -0.39 is 30.0 Å². The van der Waals surface area contributed by atoms with E-state index in [2.05, 4.69) is 10.6 Å². The highest BCUT2D eigenvalue weighted by Gasteiger charge is 2.29. The molecule has 2 aromatic carbocycles. The van der Waals surface area contributed by atoms with E-state index in [4.69, 9.17) is 14.6 Å². The number of allylic oxidation sites excluding steroid dienone is 1. The number of aliphatic carboxylic acids is 1. The van der Waals surface area contributed by atoms with Crippen LogP contribution in [0.5, 0.6) is 0 Å². The number of esters is 1. The molecule has 36 heavy (non-hydrogen) atoms. The second kappa shape index (κ2) is 13.1. The van der Waals surface area contributed by atoms with Gasteiger partial charge in [0.05, 0.1) is 12.7 Å². The number of carboxylic acid groups (broad SMARTS) is 1. The van der Waals surface area contributed by atoms with E-state index in [9.17, 15) is 19.2 Å². The summed E-state index contributed by atoms with van der Waals surface area (Å²) in [5, 5.41) is 14.0. The maximum absolute atomic E-state index is 12.6. The Bertz CT molecular complexity index is 1080. The summed E-state index contributed by atoms with van der Waals surface area (Å²) in [6.45, 7) is 1.79. The zero-order valence-corrected chi connectivity index (χ0v) is 20.1. The molecule has 190 valence electrons. The van der Waals surface area contributed by atoms with Crippen LogP contribution in [-0.4, -0.2) is 48.2 Å². The van der Waals surface area contributed by atoms with Crippen LogP contribution in [0, 0.1) is 0 Å². The zero-order valence-electron chi connectivity index (χ0n) is 20.1. The number of carbonyl (C=O) groups excluding carboxylic acids is 3. The van der Waals surface area contributed by atoms with Crippen LogP contribution in [-0.2, 0) is 23.9 Å². The minimum absolute atomic E-state index is 0.0109. The van der Waals surface area contributed by atoms with Crippen LogP contribution >= 0.6 is 0 Å². The molecule has 0 aliphatic heterocycles. The molecule has 3 rings (SSSR count). The highest BCUT2D eigenvalue weighted by Crippen LogP contribution is 2.44. The van der Waals surface area contributed by atoms with Crippen molar-refractivity contribution in [1.82, 2.24) is 10.6 Å². The summed E-state index contributed by atoms with van der Waals surface area (Å²) in [4.78, 5) is 47.7. The monoisotopic (exact) mass is 494 g/mol. The third kappa shape index (κ3) is 7.18. The average Bonchev–Trinajstić information content (AvgIpc) is 3.19. The van der Waals surface area contributed by atoms with Gasteiger partial charge in [-0.05, 0) is 42.0 Å². The summed E-state index contributed by atoms with van der Waals surface area (Å²) in [6.07, 6.45) is 2.12. The summed E-state index contributed by atoms with van der Waals surface area (Å²) in [6, 6.07) is 14.9. The molecule has 0 radical (unpaired) electrons. The van der Waals surface area contributed by atoms with Gasteiger partial charge in [-0.2, -0.15) is 0 Å². The topological polar surface area (TPSA) is 131 Å². The lowest BCUT2D eigenvalue weighted by molar-refractivity contribution is -0.139. The number of nitrogens with one attached hydrogen (secondary N) is 2. The van der Waals surface area contributed by atoms with E-state index in [1.165, 1.54) is 6.26 Å². The summed E-state index contributed by atoms with van der Waals surface area (Å²) in [5.74, 6) is -2.18. The predicted molar refractivity (Wildman–Crippen MR) is 132 cm³/mol. The van der Waals surface area contributed by atoms with Crippen molar-refractivity contribution >= 4 is 23.9 Å². The molecule has 2 amide bonds. The Morgan fingerprint density at radius 3 is 2.25 bits per heavy atom. The number of carboxylic acids is 1. The fourth-order valence-corrected chi connectivity index (χ4v) is 4.12. The Hall–Kier alpha value is -4.14. The van der Waals surface area contributed by atoms with E-state index in [-0.39, 0.29) is 44.8 Å². The van der Waals surface area contributed by atoms with Gasteiger partial charge in [0.1, 0.15) is 12.6 Å². The molecule has 9 heteroatoms. The summed E-state index contributed by atoms with van der Waals surface area (Å²) >= 11 is 0. The van der Waals surface area contributed by atoms with Crippen molar-refractivity contribution in [1.29, 1.82) is 0 Å². The van der Waals surface area contributed by atoms with Crippen molar-refractivity contribution in [2.75, 3.05) is 13.2 Å². The fraction of sp³-hybridized carbons (Fsp3) is 0.333. The van der Waals surface area contributed by atoms with Crippen molar-refractivity contribution < 1.29 is 33.8 Å². The molecule has 0 bridgehead atoms. The normalized spacial score (nSPS) is 12.9. The SMILES string of the molecule is C/C=C/OC(=O)CCNC(=O)[C@H](CCCC(=O)O)NC(=O)OCC1c2ccccc2-c2ccccc21. The first-order valence-electron chi connectivity index (χ1n) is 11.8. The number of ether oxygens (including phenoxy) is 2. The van der Waals surface area contributed by atoms with Crippen molar-refractivity contribution in [3.05, 3.63) is 72.0 Å². The van der Waals surface area contributed by atoms with Crippen LogP contribution in [0.2, 0.25) is 0 Å². The lowest BCUT2D eigenvalue weighted by Crippen LogP contribution is -2.47. The quantitative estimate of drug-likeness (QED) is 0.303. The van der Waals surface area contributed by atoms with Gasteiger partial charge in [0.15, 0.2) is 0 Å². The summed E-state index contributed by atoms with van der Waals surface area (Å²) < 4.78 is 10.3. The summed E-state index contributed by atoms with van der Waals surface area (Å²) in [5.41, 5.74) is 4.32. The molecule has 2 aromatic rings. The number of hydrogen-bond acceptors (Lipinski definition) is 6. The van der Waals surface area contributed by atoms with E-state index >= 15 is 0 Å². The van der Waals surface area contributed by atoms with E-state index in [0.717, 1.165) is 22.3 Å². The van der Waals surface area contributed by atoms with Gasteiger partial charge in [-0.15, -0.1) is 0 Å². The molecular formula is C27H30N2O7. The maximum Gasteiger partial charge on any atom is 0.407 e. The van der Waals surface area contributed by atoms with Gasteiger partial charge >= 0.3 is 18.0 Å². The first-order chi connectivity index (χ1) is 17.4. The van der Waals surface area contributed by atoms with E-state index in [1.807, 2.05) is 48.5 Å². The lowest BCUT2D eigenvalue weighted by atomic mass is 9.98. The molecule has 0 unspecified atom stereocenters. The predicted octanol–water partition coefficient (Wildman–Crippen LogP) is 3.73. The largest absolute Gasteiger partial charge is 0.481 e. The van der Waals surface area contributed by atoms with Crippen LogP contribution in [0.25, 0.3) is 11.1 Å². The molecule has 0 heterocycles. The molecule has 0 aromatic heterocycles. The van der Waals surface area contributed by atoms with Crippen molar-refractivity contribution in [2.24, 2.45) is 0 Å². The van der Waals surface area contributed by atoms with Gasteiger partial charge in [0.25, 0.3) is 0 Å². The Morgan fingerprint density at radius 2 is 1.64 bits per heavy atom. The second-order valence-electron chi connectivity index (χ2n) is 8.31. The molecule has 0 saturated heterocycles. The Balaban J connectivity index is 1.58. The lowest BCUT2D eigenvalue weighted by Gasteiger charge is -2.19. The van der Waals surface area contributed by atoms with Gasteiger partial charge in [0.2, 0.25) is 5.91 Å². The van der Waals surface area contributed by atoms with Crippen molar-refractivity contribution in [3.63, 3.8) is 0 Å². The van der Waals surface area contributed by atoms with Gasteiger partial charge in [-0.1, -0.05) is 54.6 Å². The number of carbonyl (C=O) groups is 4. The first kappa shape index (κ1) is 26.5. The molecule has 9 nitrogen and oxygen atoms in total. The highest BCUT2D eigenvalue weighted by molar-refractivity contribution is 5.86. The molecule has 3 N–H and O–H groups in total. The number of hydrogen-bond donors (Lipinski definition) is 3. The number of benzene rings is 2. The van der Waals surface area contributed by atoms with Crippen LogP contribution in [0.1, 0.15) is 49.7 Å². The minimum Gasteiger partial charge on any atom is -0.481 e. The average molecular weight is 495 g/mol. The minimum atomic E-state index is -1.01. The van der Waals surface area contributed by atoms with E-state index in [1.54, 1.807) is 13.0 Å². The van der Waals surface area contributed by atoms with Gasteiger partial charge < -0.3 is 25.2 Å². The fourth-order valence-electron chi connectivity index (χ4n) is 4.12. The van der Waals surface area contributed by atoms with Crippen LogP contribution in [0.15, 0.2) is 60.9 Å². The second-order valence-corrected chi connectivity index (χ2v) is 8.31. The van der Waals surface area contributed by atoms with Crippen LogP contribution in [0.4, 0.5) is 4.79 Å². The molecular weight excluding hydrogens is 464 g/mol. The van der Waals surface area contributed by atoms with E-state index in [0.29, 0.717) is 0 Å². The molecule has 0 spiro atoms. The molecule has 1 aliphatic rings. The number of amides is 2. The Kier molecular flexibility index (Phi) is 9.62. The van der Waals surface area contributed by atoms with Crippen LogP contribution in [0.3, 0.4) is 0 Å². The Labute approximate surface area is 209 Å². The van der Waals surface area contributed by atoms with Gasteiger partial charge in [-0.3, -0.25) is 14.4 Å². The molecule has 1 atom stereocenters. The molecule has 0 fully saturated rings. The standard InChI is InChI=1S/C27H30N2O7/c1-2-16-35-25(32)14-15-28-26(33)23(12-7-13-24(30)31)29-27(34)36-17-22-20-10-5-3-8-18(20)19-9-4-6-11-21(19)22/h2-6,8-11,16,22-23H,7,12-15,17H2,1H3,(H,28,33)(H,29,34)(H,30,31)/b16-2+/t23-/m0/s1. The van der Waals surface area contributed by atoms with Gasteiger partial charge in [-0.25, -0.2) is 4.79 Å². The van der Waals surface area contributed by atoms with Crippen LogP contribution < -0.4 is 10.6 Å². The number of rotatable bonds is 12. The first-order valence-corrected chi connectivity index (χ1v) is 11.8. The summed E-state index contributed by atoms with van der Waals surface area (Å²) in [7, 11) is 0. The molecule has 1 aliphatic carbocycles. The van der Waals surface area contributed by atoms with Crippen molar-refractivity contribution in [3.8, 4) is 11.1 Å². The highest BCUT2D eigenvalue weighted by atomic mass is 16.5. The maximum atomic E-state index is 12.6. The van der Waals surface area contributed by atoms with Gasteiger partial charge in [0, 0.05) is 18.9 Å². The Morgan fingerprint density at radius 1 is 1.00 bits per heavy atom.